The smallest absolute Gasteiger partial charge is 0.250 e. The summed E-state index contributed by atoms with van der Waals surface area (Å²) in [5.41, 5.74) is 8.27. The topological polar surface area (TPSA) is 58.4 Å². The number of nitrogens with zero attached hydrogens (tertiary/aromatic N) is 1. The third kappa shape index (κ3) is 3.26. The number of primary amides is 1. The molecule has 0 saturated carbocycles. The Bertz CT molecular complexity index is 451. The van der Waals surface area contributed by atoms with Gasteiger partial charge in [0, 0.05) is 18.8 Å². The third-order valence-corrected chi connectivity index (χ3v) is 3.87. The Morgan fingerprint density at radius 3 is 2.68 bits per heavy atom. The lowest BCUT2D eigenvalue weighted by Crippen LogP contribution is -2.37. The number of amides is 1. The van der Waals surface area contributed by atoms with Crippen molar-refractivity contribution in [3.8, 4) is 0 Å². The predicted octanol–water partition coefficient (Wildman–Crippen LogP) is 1.53. The second kappa shape index (κ2) is 6.06. The number of aryl methyl sites for hydroxylation is 1. The summed E-state index contributed by atoms with van der Waals surface area (Å²) in [6, 6.07) is 5.85. The summed E-state index contributed by atoms with van der Waals surface area (Å²) in [5.74, 6) is 0.399. The summed E-state index contributed by atoms with van der Waals surface area (Å²) in [6.45, 7) is 5.11. The Morgan fingerprint density at radius 1 is 1.42 bits per heavy atom. The lowest BCUT2D eigenvalue weighted by atomic mass is 9.95. The molecule has 1 aromatic carbocycles. The summed E-state index contributed by atoms with van der Waals surface area (Å²) in [5, 5.41) is 3.24. The van der Waals surface area contributed by atoms with E-state index in [1.807, 2.05) is 26.1 Å². The van der Waals surface area contributed by atoms with E-state index in [1.165, 1.54) is 0 Å². The largest absolute Gasteiger partial charge is 0.371 e. The van der Waals surface area contributed by atoms with Gasteiger partial charge >= 0.3 is 0 Å². The molecule has 1 heterocycles. The van der Waals surface area contributed by atoms with Gasteiger partial charge in [-0.05, 0) is 57.0 Å². The summed E-state index contributed by atoms with van der Waals surface area (Å²) in [6.07, 6.45) is 2.32. The molecule has 0 aliphatic carbocycles. The second-order valence-corrected chi connectivity index (χ2v) is 5.37. The van der Waals surface area contributed by atoms with E-state index in [9.17, 15) is 4.79 Å². The minimum absolute atomic E-state index is 0.340. The number of rotatable bonds is 4. The summed E-state index contributed by atoms with van der Waals surface area (Å²) in [4.78, 5) is 13.8. The number of anilines is 1. The van der Waals surface area contributed by atoms with Crippen LogP contribution < -0.4 is 16.0 Å². The summed E-state index contributed by atoms with van der Waals surface area (Å²) >= 11 is 0. The van der Waals surface area contributed by atoms with Crippen LogP contribution >= 0.6 is 0 Å². The van der Waals surface area contributed by atoms with E-state index >= 15 is 0 Å². The van der Waals surface area contributed by atoms with E-state index in [1.54, 1.807) is 0 Å². The standard InChI is InChI=1S/C15H23N3O/c1-11-3-4-13(15(16)19)14(9-11)18-7-5-12(6-8-18)10-17-2/h3-4,9,12,17H,5-8,10H2,1-2H3,(H2,16,19). The monoisotopic (exact) mass is 261 g/mol. The maximum absolute atomic E-state index is 11.5. The molecule has 2 rings (SSSR count). The van der Waals surface area contributed by atoms with Crippen LogP contribution in [-0.4, -0.2) is 32.6 Å². The Kier molecular flexibility index (Phi) is 4.43. The molecule has 1 aliphatic heterocycles. The molecule has 1 aliphatic rings. The van der Waals surface area contributed by atoms with Gasteiger partial charge in [0.1, 0.15) is 0 Å². The quantitative estimate of drug-likeness (QED) is 0.864. The molecule has 1 saturated heterocycles. The van der Waals surface area contributed by atoms with E-state index in [2.05, 4.69) is 16.3 Å². The van der Waals surface area contributed by atoms with Crippen LogP contribution in [0, 0.1) is 12.8 Å². The van der Waals surface area contributed by atoms with E-state index in [0.29, 0.717) is 5.56 Å². The zero-order chi connectivity index (χ0) is 13.8. The van der Waals surface area contributed by atoms with Gasteiger partial charge in [0.15, 0.2) is 0 Å². The molecule has 1 amide bonds. The fourth-order valence-electron chi connectivity index (χ4n) is 2.78. The van der Waals surface area contributed by atoms with Crippen LogP contribution in [0.1, 0.15) is 28.8 Å². The van der Waals surface area contributed by atoms with E-state index in [4.69, 9.17) is 5.73 Å². The van der Waals surface area contributed by atoms with Gasteiger partial charge in [0.2, 0.25) is 0 Å². The Balaban J connectivity index is 2.14. The third-order valence-electron chi connectivity index (χ3n) is 3.87. The van der Waals surface area contributed by atoms with Crippen LogP contribution in [0.3, 0.4) is 0 Å². The summed E-state index contributed by atoms with van der Waals surface area (Å²) < 4.78 is 0. The molecular formula is C15H23N3O. The van der Waals surface area contributed by atoms with Crippen molar-refractivity contribution in [1.82, 2.24) is 5.32 Å². The normalized spacial score (nSPS) is 16.6. The average molecular weight is 261 g/mol. The molecule has 19 heavy (non-hydrogen) atoms. The van der Waals surface area contributed by atoms with Crippen molar-refractivity contribution in [2.75, 3.05) is 31.6 Å². The van der Waals surface area contributed by atoms with Crippen LogP contribution in [0.4, 0.5) is 5.69 Å². The van der Waals surface area contributed by atoms with Crippen LogP contribution in [-0.2, 0) is 0 Å². The maximum atomic E-state index is 11.5. The minimum atomic E-state index is -0.340. The van der Waals surface area contributed by atoms with Gasteiger partial charge in [-0.1, -0.05) is 6.07 Å². The number of carbonyl (C=O) groups is 1. The van der Waals surface area contributed by atoms with Gasteiger partial charge in [-0.2, -0.15) is 0 Å². The van der Waals surface area contributed by atoms with Crippen molar-refractivity contribution in [3.63, 3.8) is 0 Å². The molecule has 0 aromatic heterocycles. The number of nitrogens with two attached hydrogens (primary N) is 1. The molecule has 4 heteroatoms. The molecule has 0 atom stereocenters. The van der Waals surface area contributed by atoms with Gasteiger partial charge in [0.25, 0.3) is 5.91 Å². The van der Waals surface area contributed by atoms with Crippen LogP contribution in [0.25, 0.3) is 0 Å². The molecule has 4 nitrogen and oxygen atoms in total. The molecule has 0 radical (unpaired) electrons. The SMILES string of the molecule is CNCC1CCN(c2cc(C)ccc2C(N)=O)CC1. The molecule has 1 aromatic rings. The van der Waals surface area contributed by atoms with E-state index in [-0.39, 0.29) is 5.91 Å². The zero-order valence-corrected chi connectivity index (χ0v) is 11.8. The number of carbonyl (C=O) groups excluding carboxylic acids is 1. The van der Waals surface area contributed by atoms with Crippen molar-refractivity contribution in [1.29, 1.82) is 0 Å². The number of hydrogen-bond donors (Lipinski definition) is 2. The highest BCUT2D eigenvalue weighted by Crippen LogP contribution is 2.27. The highest BCUT2D eigenvalue weighted by atomic mass is 16.1. The molecule has 3 N–H and O–H groups in total. The van der Waals surface area contributed by atoms with Crippen molar-refractivity contribution in [2.24, 2.45) is 11.7 Å². The first-order valence-corrected chi connectivity index (χ1v) is 6.92. The zero-order valence-electron chi connectivity index (χ0n) is 11.8. The highest BCUT2D eigenvalue weighted by molar-refractivity contribution is 5.98. The van der Waals surface area contributed by atoms with Gasteiger partial charge in [0.05, 0.1) is 5.56 Å². The first kappa shape index (κ1) is 13.9. The van der Waals surface area contributed by atoms with Crippen molar-refractivity contribution < 1.29 is 4.79 Å². The number of piperidine rings is 1. The molecule has 104 valence electrons. The van der Waals surface area contributed by atoms with Crippen LogP contribution in [0.5, 0.6) is 0 Å². The first-order chi connectivity index (χ1) is 9.11. The highest BCUT2D eigenvalue weighted by Gasteiger charge is 2.21. The Labute approximate surface area is 115 Å². The molecule has 0 spiro atoms. The first-order valence-electron chi connectivity index (χ1n) is 6.92. The fraction of sp³-hybridized carbons (Fsp3) is 0.533. The Morgan fingerprint density at radius 2 is 2.11 bits per heavy atom. The van der Waals surface area contributed by atoms with E-state index < -0.39 is 0 Å². The van der Waals surface area contributed by atoms with Crippen molar-refractivity contribution >= 4 is 11.6 Å². The van der Waals surface area contributed by atoms with Gasteiger partial charge < -0.3 is 16.0 Å². The van der Waals surface area contributed by atoms with Gasteiger partial charge in [-0.15, -0.1) is 0 Å². The van der Waals surface area contributed by atoms with Crippen molar-refractivity contribution in [3.05, 3.63) is 29.3 Å². The number of hydrogen-bond acceptors (Lipinski definition) is 3. The molecular weight excluding hydrogens is 238 g/mol. The van der Waals surface area contributed by atoms with Gasteiger partial charge in [-0.25, -0.2) is 0 Å². The lowest BCUT2D eigenvalue weighted by Gasteiger charge is -2.34. The van der Waals surface area contributed by atoms with Crippen molar-refractivity contribution in [2.45, 2.75) is 19.8 Å². The molecule has 0 bridgehead atoms. The average Bonchev–Trinajstić information content (AvgIpc) is 2.39. The maximum Gasteiger partial charge on any atom is 0.250 e. The van der Waals surface area contributed by atoms with E-state index in [0.717, 1.165) is 49.6 Å². The minimum Gasteiger partial charge on any atom is -0.371 e. The lowest BCUT2D eigenvalue weighted by molar-refractivity contribution is 0.100. The van der Waals surface area contributed by atoms with Crippen LogP contribution in [0.2, 0.25) is 0 Å². The fourth-order valence-corrected chi connectivity index (χ4v) is 2.78. The van der Waals surface area contributed by atoms with Crippen LogP contribution in [0.15, 0.2) is 18.2 Å². The second-order valence-electron chi connectivity index (χ2n) is 5.37. The van der Waals surface area contributed by atoms with Gasteiger partial charge in [-0.3, -0.25) is 4.79 Å². The summed E-state index contributed by atoms with van der Waals surface area (Å²) in [7, 11) is 2.00. The predicted molar refractivity (Wildman–Crippen MR) is 78.6 cm³/mol. The molecule has 0 unspecified atom stereocenters. The number of nitrogens with one attached hydrogen (secondary N) is 1. The number of benzene rings is 1. The Hall–Kier alpha value is -1.55. The molecule has 1 fully saturated rings.